The molecule has 0 saturated heterocycles. The van der Waals surface area contributed by atoms with E-state index in [1.165, 1.54) is 31.4 Å². The van der Waals surface area contributed by atoms with Crippen LogP contribution in [-0.4, -0.2) is 70.9 Å². The van der Waals surface area contributed by atoms with Gasteiger partial charge in [-0.1, -0.05) is 32.4 Å². The number of benzene rings is 4. The van der Waals surface area contributed by atoms with Crippen molar-refractivity contribution in [1.82, 2.24) is 39.9 Å². The van der Waals surface area contributed by atoms with Gasteiger partial charge in [0.1, 0.15) is 11.5 Å². The number of thioether (sulfide) groups is 1. The minimum Gasteiger partial charge on any atom is -0.313 e. The largest absolute Gasteiger partial charge is 0.313 e. The van der Waals surface area contributed by atoms with Crippen LogP contribution in [0.1, 0.15) is 84.6 Å². The van der Waals surface area contributed by atoms with Gasteiger partial charge in [0.05, 0.1) is 76.5 Å². The maximum atomic E-state index is 12.5. The van der Waals surface area contributed by atoms with Gasteiger partial charge in [-0.15, -0.1) is 11.8 Å². The van der Waals surface area contributed by atoms with E-state index >= 15 is 0 Å². The van der Waals surface area contributed by atoms with Crippen LogP contribution in [0.25, 0.3) is 43.6 Å². The Hall–Kier alpha value is -5.09. The average Bonchev–Trinajstić information content (AvgIpc) is 3.21. The molecule has 4 aromatic carbocycles. The number of sulfone groups is 2. The summed E-state index contributed by atoms with van der Waals surface area (Å²) < 4.78 is 49.5. The van der Waals surface area contributed by atoms with Gasteiger partial charge in [0.2, 0.25) is 0 Å². The molecule has 4 aromatic heterocycles. The third-order valence-corrected chi connectivity index (χ3v) is 18.3. The summed E-state index contributed by atoms with van der Waals surface area (Å²) in [5.74, 6) is 0. The minimum atomic E-state index is -3.50. The molecule has 0 amide bonds. The second-order valence-electron chi connectivity index (χ2n) is 18.8. The second-order valence-corrected chi connectivity index (χ2v) is 27.6. The number of hydrogen-bond donors (Lipinski definition) is 3. The van der Waals surface area contributed by atoms with Crippen molar-refractivity contribution in [3.8, 4) is 0 Å². The number of fused-ring (bicyclic) bond motifs is 4. The van der Waals surface area contributed by atoms with E-state index in [1.54, 1.807) is 85.4 Å². The highest BCUT2D eigenvalue weighted by molar-refractivity contribution is 14.1. The summed E-state index contributed by atoms with van der Waals surface area (Å²) in [5.41, 5.74) is 5.72. The maximum Gasteiger partial charge on any atom is 0.258 e. The van der Waals surface area contributed by atoms with Crippen LogP contribution in [0.15, 0.2) is 103 Å². The lowest BCUT2D eigenvalue weighted by molar-refractivity contribution is 0.559. The predicted molar refractivity (Wildman–Crippen MR) is 283 cm³/mol. The van der Waals surface area contributed by atoms with Crippen LogP contribution >= 0.6 is 46.0 Å². The van der Waals surface area contributed by atoms with Gasteiger partial charge in [0.15, 0.2) is 19.7 Å². The number of rotatable bonds is 3. The van der Waals surface area contributed by atoms with Gasteiger partial charge in [-0.05, 0) is 163 Å². The van der Waals surface area contributed by atoms with Crippen molar-refractivity contribution in [2.75, 3.05) is 0 Å². The van der Waals surface area contributed by atoms with Crippen molar-refractivity contribution in [3.05, 3.63) is 136 Å². The number of nitrogens with zero attached hydrogens (tertiary/aromatic N) is 5. The summed E-state index contributed by atoms with van der Waals surface area (Å²) in [7, 11) is -6.93. The molecule has 0 aliphatic rings. The van der Waals surface area contributed by atoms with E-state index in [0.717, 1.165) is 30.6 Å². The van der Waals surface area contributed by atoms with Crippen molar-refractivity contribution in [1.29, 1.82) is 0 Å². The lowest BCUT2D eigenvalue weighted by Crippen LogP contribution is -2.28. The Morgan fingerprint density at radius 1 is 0.500 bits per heavy atom. The molecule has 8 rings (SSSR count). The lowest BCUT2D eigenvalue weighted by atomic mass is 10.2. The fraction of sp³-hybridized carbons (Fsp3) is 0.333. The predicted octanol–water partition coefficient (Wildman–Crippen LogP) is 9.93. The highest BCUT2D eigenvalue weighted by Crippen LogP contribution is 2.36. The molecule has 0 aliphatic carbocycles. The van der Waals surface area contributed by atoms with Crippen LogP contribution in [0.2, 0.25) is 5.15 Å². The van der Waals surface area contributed by atoms with Crippen LogP contribution in [-0.2, 0) is 19.7 Å². The summed E-state index contributed by atoms with van der Waals surface area (Å²) in [5, 5.41) is 2.41. The molecule has 0 aliphatic heterocycles. The number of hydrogen-bond acceptors (Lipinski definition) is 13. The van der Waals surface area contributed by atoms with E-state index in [1.807, 2.05) is 31.2 Å². The molecule has 0 unspecified atom stereocenters. The van der Waals surface area contributed by atoms with Gasteiger partial charge >= 0.3 is 0 Å². The Morgan fingerprint density at radius 3 is 1.29 bits per heavy atom. The first-order valence-corrected chi connectivity index (χ1v) is 26.3. The third-order valence-electron chi connectivity index (χ3n) is 10.3. The molecule has 360 valence electrons. The van der Waals surface area contributed by atoms with E-state index in [9.17, 15) is 31.2 Å². The topological polar surface area (TPSA) is 231 Å². The summed E-state index contributed by atoms with van der Waals surface area (Å²) in [6, 6.07) is 14.0. The van der Waals surface area contributed by atoms with Crippen molar-refractivity contribution >= 4 is 109 Å². The first-order chi connectivity index (χ1) is 31.3. The van der Waals surface area contributed by atoms with Crippen molar-refractivity contribution in [3.63, 3.8) is 0 Å². The van der Waals surface area contributed by atoms with Gasteiger partial charge in [-0.2, -0.15) is 0 Å². The van der Waals surface area contributed by atoms with Gasteiger partial charge in [0.25, 0.3) is 16.7 Å². The molecular weight excluding hydrogens is 1060 g/mol. The average molecular weight is 1110 g/mol. The fourth-order valence-electron chi connectivity index (χ4n) is 6.43. The smallest absolute Gasteiger partial charge is 0.258 e. The molecule has 0 radical (unpaired) electrons. The molecule has 68 heavy (non-hydrogen) atoms. The summed E-state index contributed by atoms with van der Waals surface area (Å²) >= 11 is 9.98. The van der Waals surface area contributed by atoms with Gasteiger partial charge in [0, 0.05) is 18.6 Å². The Morgan fingerprint density at radius 2 is 0.868 bits per heavy atom. The van der Waals surface area contributed by atoms with E-state index in [2.05, 4.69) is 90.2 Å². The number of halogens is 2. The molecule has 3 N–H and O–H groups in total. The van der Waals surface area contributed by atoms with E-state index in [4.69, 9.17) is 11.6 Å². The molecule has 15 nitrogen and oxygen atoms in total. The summed E-state index contributed by atoms with van der Waals surface area (Å²) in [6.45, 7) is 23.9. The second kappa shape index (κ2) is 20.5. The quantitative estimate of drug-likeness (QED) is 0.0850. The highest BCUT2D eigenvalue weighted by atomic mass is 127. The molecule has 4 heterocycles. The molecule has 20 heteroatoms. The fourth-order valence-corrected chi connectivity index (χ4v) is 11.0. The van der Waals surface area contributed by atoms with Gasteiger partial charge < -0.3 is 15.0 Å². The Kier molecular flexibility index (Phi) is 16.2. The number of aryl methyl sites for hydroxylation is 4. The Bertz CT molecular complexity index is 3630. The molecule has 8 aromatic rings. The maximum absolute atomic E-state index is 12.5. The third kappa shape index (κ3) is 12.2. The number of aromatic nitrogens is 8. The number of aromatic amines is 3. The van der Waals surface area contributed by atoms with Gasteiger partial charge in [-0.25, -0.2) is 41.8 Å². The zero-order valence-corrected chi connectivity index (χ0v) is 45.4. The van der Waals surface area contributed by atoms with Crippen LogP contribution < -0.4 is 16.7 Å². The van der Waals surface area contributed by atoms with E-state index < -0.39 is 29.2 Å². The molecule has 0 atom stereocenters. The number of H-pyrrole nitrogens is 3. The molecule has 0 fully saturated rings. The van der Waals surface area contributed by atoms with Gasteiger partial charge in [-0.3, -0.25) is 14.4 Å². The zero-order valence-electron chi connectivity index (χ0n) is 40.0. The first-order valence-electron chi connectivity index (χ1n) is 21.0. The summed E-state index contributed by atoms with van der Waals surface area (Å²) in [6.07, 6.45) is 5.54. The number of nitrogens with one attached hydrogen (secondary N) is 3. The van der Waals surface area contributed by atoms with Crippen molar-refractivity contribution in [2.24, 2.45) is 0 Å². The van der Waals surface area contributed by atoms with E-state index in [0.29, 0.717) is 38.3 Å². The van der Waals surface area contributed by atoms with Crippen molar-refractivity contribution < 1.29 is 16.8 Å². The first kappa shape index (κ1) is 53.9. The normalized spacial score (nSPS) is 12.2. The lowest BCUT2D eigenvalue weighted by Gasteiger charge is -2.21. The van der Waals surface area contributed by atoms with Crippen LogP contribution in [0.5, 0.6) is 0 Å². The van der Waals surface area contributed by atoms with Crippen LogP contribution in [0.3, 0.4) is 0 Å². The minimum absolute atomic E-state index is 0.0780. The van der Waals surface area contributed by atoms with Crippen LogP contribution in [0, 0.1) is 31.3 Å². The van der Waals surface area contributed by atoms with Crippen LogP contribution in [0.4, 0.5) is 0 Å². The Labute approximate surface area is 417 Å². The molecular formula is C48H54ClIN8O7S3. The van der Waals surface area contributed by atoms with Crippen molar-refractivity contribution in [2.45, 2.75) is 119 Å². The zero-order chi connectivity index (χ0) is 50.9. The Balaban J connectivity index is 0.000000171. The highest BCUT2D eigenvalue weighted by Gasteiger charge is 2.33. The SMILES string of the molecule is Cc1cc2nc[nH]c(=O)c2cc1I.Cc1cc2nc[nH]c(=O)c2cc1S(=O)(=O)C(C)(C)C.Cc1cc2nc[nH]c(=O)c2cc1SC(C)(C)C.Cc1cc2ncnc(Cl)c2cc1S(=O)(=O)C(C)(C)C. The molecule has 0 saturated carbocycles. The van der Waals surface area contributed by atoms with E-state index in [-0.39, 0.29) is 41.8 Å². The standard InChI is InChI=1S/C13H15ClN2O2S.C13H16N2O3S.C13H16N2OS.C9H7IN2O/c1-8-5-10-9(12(14)16-7-15-10)6-11(8)19(17,18)13(2,3)4;1-8-5-10-9(12(16)15-7-14-10)6-11(8)19(17,18)13(2,3)4;1-8-5-10-9(12(16)15-7-14-10)6-11(8)17-13(2,3)4;1-5-2-8-6(3-7(5)10)9(13)12-4-11-8/h5-7H,1-4H3;5-7H,1-4H3,(H,14,15,16);5-7H,1-4H3,(H,14,15,16);2-4H,1H3,(H,11,12,13). The summed E-state index contributed by atoms with van der Waals surface area (Å²) in [4.78, 5) is 64.3. The molecule has 0 spiro atoms. The monoisotopic (exact) mass is 1110 g/mol. The molecule has 0 bridgehead atoms.